The first-order chi connectivity index (χ1) is 65.6. The van der Waals surface area contributed by atoms with Gasteiger partial charge in [0.2, 0.25) is 0 Å². The van der Waals surface area contributed by atoms with Crippen LogP contribution >= 0.6 is 0 Å². The lowest BCUT2D eigenvalue weighted by Crippen LogP contribution is -2.37. The van der Waals surface area contributed by atoms with E-state index in [1.807, 2.05) is 108 Å². The summed E-state index contributed by atoms with van der Waals surface area (Å²) in [4.78, 5) is 8.99. The standard InChI is InChI=1S/C65H49FN2OSi.C59H44N2O2Si/c1-70(2,3)54-36-33-52(34-37-54)67(49-22-12-6-13-23-49)51-31-28-45(29-32-51)47-30-38-57-60(40-47)55-26-16-17-27-56(55)63-58-39-35-53(43-62(58)69-65(57)63)68(50-24-14-7-15-25-50)64-59(46-20-10-5-11-21-46)41-48(42-61(64)66)44-18-8-4-9-19-44;1-64(2,3)47-31-27-44(28-32-47)60(41-14-6-4-7-15-41)43-25-22-39(23-26-43)40-24-33-51-53(36-40)48-18-10-11-20-50(48)58-52-34-29-46(38-57(52)63-59(51)58)61(42-16-8-5-9-17-42)45-30-35-56-54(37-45)49-19-12-13-21-55(49)62-56/h4-43H,1-3H3;4-38H,1-3H3. The molecule has 642 valence electrons. The molecule has 3 aromatic heterocycles. The first-order valence-electron chi connectivity index (χ1n) is 45.9. The van der Waals surface area contributed by atoms with E-state index in [4.69, 9.17) is 13.3 Å². The zero-order chi connectivity index (χ0) is 90.3. The molecule has 10 heteroatoms. The van der Waals surface area contributed by atoms with Gasteiger partial charge in [0.15, 0.2) is 0 Å². The minimum atomic E-state index is -1.45. The maximum atomic E-state index is 17.3. The highest BCUT2D eigenvalue weighted by Gasteiger charge is 2.29. The van der Waals surface area contributed by atoms with Gasteiger partial charge in [0.1, 0.15) is 39.3 Å². The van der Waals surface area contributed by atoms with Crippen molar-refractivity contribution in [3.8, 4) is 44.5 Å². The number of anilines is 12. The Balaban J connectivity index is 0.000000152. The zero-order valence-corrected chi connectivity index (χ0v) is 77.2. The molecule has 24 rings (SSSR count). The molecule has 0 atom stereocenters. The topological polar surface area (TPSA) is 52.4 Å². The molecule has 21 aromatic carbocycles. The monoisotopic (exact) mass is 1760 g/mol. The largest absolute Gasteiger partial charge is 0.456 e. The zero-order valence-electron chi connectivity index (χ0n) is 75.2. The van der Waals surface area contributed by atoms with E-state index in [9.17, 15) is 0 Å². The Morgan fingerprint density at radius 1 is 0.187 bits per heavy atom. The molecule has 0 aliphatic heterocycles. The molecule has 0 unspecified atom stereocenters. The summed E-state index contributed by atoms with van der Waals surface area (Å²) in [5.74, 6) is -0.322. The average Bonchev–Trinajstić information content (AvgIpc) is 1.56. The van der Waals surface area contributed by atoms with Crippen LogP contribution < -0.4 is 30.0 Å². The van der Waals surface area contributed by atoms with E-state index >= 15 is 4.39 Å². The Morgan fingerprint density at radius 2 is 0.500 bits per heavy atom. The second kappa shape index (κ2) is 33.8. The molecule has 134 heavy (non-hydrogen) atoms. The van der Waals surface area contributed by atoms with Crippen LogP contribution in [0.15, 0.2) is 468 Å². The fourth-order valence-electron chi connectivity index (χ4n) is 19.7. The SMILES string of the molecule is C[Si](C)(C)c1ccc(N(c2ccccc2)c2ccc(-c3ccc4c(c3)c3ccccc3c3c5ccc(N(c6ccccc6)c6c(F)cc(-c7ccccc7)cc6-c6ccccc6)cc5oc43)cc2)cc1.C[Si](C)(C)c1ccc(N(c2ccccc2)c2ccc(-c3ccc4c(c3)c3ccccc3c3c5ccc(N(c6ccccc6)c6ccc7oc8ccccc8c7c6)cc5oc43)cc2)cc1. The summed E-state index contributed by atoms with van der Waals surface area (Å²) >= 11 is 0. The van der Waals surface area contributed by atoms with E-state index in [0.717, 1.165) is 200 Å². The summed E-state index contributed by atoms with van der Waals surface area (Å²) < 4.78 is 37.5. The molecule has 0 N–H and O–H groups in total. The molecule has 0 radical (unpaired) electrons. The van der Waals surface area contributed by atoms with Crippen LogP contribution in [-0.4, -0.2) is 16.1 Å². The Bertz CT molecular complexity index is 8560. The molecule has 0 bridgehead atoms. The minimum Gasteiger partial charge on any atom is -0.456 e. The van der Waals surface area contributed by atoms with Crippen molar-refractivity contribution >= 4 is 204 Å². The van der Waals surface area contributed by atoms with E-state index in [-0.39, 0.29) is 5.82 Å². The molecule has 0 saturated carbocycles. The molecular formula is C124H93FN4O3Si2. The highest BCUT2D eigenvalue weighted by molar-refractivity contribution is 6.89. The summed E-state index contributed by atoms with van der Waals surface area (Å²) in [6.45, 7) is 14.4. The molecule has 0 fully saturated rings. The van der Waals surface area contributed by atoms with Crippen molar-refractivity contribution in [1.29, 1.82) is 0 Å². The third kappa shape index (κ3) is 15.1. The summed E-state index contributed by atoms with van der Waals surface area (Å²) in [7, 11) is -2.87. The van der Waals surface area contributed by atoms with Gasteiger partial charge in [-0.1, -0.05) is 311 Å². The molecule has 3 heterocycles. The van der Waals surface area contributed by atoms with E-state index < -0.39 is 16.1 Å². The molecule has 0 saturated heterocycles. The van der Waals surface area contributed by atoms with Gasteiger partial charge in [0, 0.05) is 118 Å². The van der Waals surface area contributed by atoms with Gasteiger partial charge in [-0.25, -0.2) is 4.39 Å². The molecule has 0 amide bonds. The van der Waals surface area contributed by atoms with Gasteiger partial charge in [-0.15, -0.1) is 0 Å². The average molecular weight is 1760 g/mol. The van der Waals surface area contributed by atoms with Crippen LogP contribution in [0.25, 0.3) is 153 Å². The van der Waals surface area contributed by atoms with Crippen molar-refractivity contribution < 1.29 is 17.6 Å². The third-order valence-electron chi connectivity index (χ3n) is 26.4. The fourth-order valence-corrected chi connectivity index (χ4v) is 22.1. The van der Waals surface area contributed by atoms with Crippen LogP contribution in [0.4, 0.5) is 72.6 Å². The lowest BCUT2D eigenvalue weighted by atomic mass is 9.94. The van der Waals surface area contributed by atoms with Gasteiger partial charge in [-0.3, -0.25) is 0 Å². The summed E-state index contributed by atoms with van der Waals surface area (Å²) in [6.07, 6.45) is 0. The van der Waals surface area contributed by atoms with Gasteiger partial charge >= 0.3 is 0 Å². The van der Waals surface area contributed by atoms with Gasteiger partial charge < -0.3 is 32.9 Å². The summed E-state index contributed by atoms with van der Waals surface area (Å²) in [6, 6.07) is 160. The number of halogens is 1. The van der Waals surface area contributed by atoms with Crippen molar-refractivity contribution in [2.24, 2.45) is 0 Å². The summed E-state index contributed by atoms with van der Waals surface area (Å²) in [5, 5.41) is 18.5. The second-order valence-electron chi connectivity index (χ2n) is 36.8. The van der Waals surface area contributed by atoms with Crippen molar-refractivity contribution in [3.05, 3.63) is 461 Å². The molecule has 0 aliphatic carbocycles. The van der Waals surface area contributed by atoms with Gasteiger partial charge in [-0.2, -0.15) is 0 Å². The van der Waals surface area contributed by atoms with Crippen LogP contribution in [0.1, 0.15) is 0 Å². The van der Waals surface area contributed by atoms with Crippen LogP contribution in [0.2, 0.25) is 39.3 Å². The Labute approximate surface area is 780 Å². The van der Waals surface area contributed by atoms with Gasteiger partial charge in [0.05, 0.1) is 27.5 Å². The predicted octanol–water partition coefficient (Wildman–Crippen LogP) is 35.5. The fraction of sp³-hybridized carbons (Fsp3) is 0.0484. The number of nitrogens with zero attached hydrogens (tertiary/aromatic N) is 4. The lowest BCUT2D eigenvalue weighted by Gasteiger charge is -2.28. The maximum Gasteiger partial charge on any atom is 0.148 e. The lowest BCUT2D eigenvalue weighted by molar-refractivity contribution is 0.629. The van der Waals surface area contributed by atoms with Crippen LogP contribution in [0.5, 0.6) is 0 Å². The molecular weight excluding hydrogens is 1670 g/mol. The number of fused-ring (bicyclic) bond motifs is 19. The maximum absolute atomic E-state index is 17.3. The van der Waals surface area contributed by atoms with E-state index in [0.29, 0.717) is 5.69 Å². The number of hydrogen-bond acceptors (Lipinski definition) is 7. The molecule has 24 aromatic rings. The smallest absolute Gasteiger partial charge is 0.148 e. The number of para-hydroxylation sites is 5. The Kier molecular flexibility index (Phi) is 20.7. The first kappa shape index (κ1) is 82.1. The molecule has 0 aliphatic rings. The highest BCUT2D eigenvalue weighted by Crippen LogP contribution is 2.51. The summed E-state index contributed by atoms with van der Waals surface area (Å²) in [5.41, 5.74) is 25.1. The quantitative estimate of drug-likeness (QED) is 0.0627. The molecule has 7 nitrogen and oxygen atoms in total. The van der Waals surface area contributed by atoms with Crippen LogP contribution in [0, 0.1) is 5.82 Å². The van der Waals surface area contributed by atoms with Crippen molar-refractivity contribution in [3.63, 3.8) is 0 Å². The number of rotatable bonds is 18. The second-order valence-corrected chi connectivity index (χ2v) is 47.0. The number of hydrogen-bond donors (Lipinski definition) is 0. The van der Waals surface area contributed by atoms with Crippen molar-refractivity contribution in [1.82, 2.24) is 0 Å². The van der Waals surface area contributed by atoms with Crippen LogP contribution in [-0.2, 0) is 0 Å². The van der Waals surface area contributed by atoms with E-state index in [2.05, 4.69) is 400 Å². The van der Waals surface area contributed by atoms with Crippen LogP contribution in [0.3, 0.4) is 0 Å². The molecule has 0 spiro atoms. The first-order valence-corrected chi connectivity index (χ1v) is 52.9. The van der Waals surface area contributed by atoms with Gasteiger partial charge in [0.25, 0.3) is 0 Å². The normalized spacial score (nSPS) is 11.8. The number of furan rings is 3. The van der Waals surface area contributed by atoms with Crippen molar-refractivity contribution in [2.75, 3.05) is 19.6 Å². The van der Waals surface area contributed by atoms with E-state index in [1.54, 1.807) is 6.07 Å². The minimum absolute atomic E-state index is 0.322. The van der Waals surface area contributed by atoms with Gasteiger partial charge in [-0.05, 0) is 253 Å². The Hall–Kier alpha value is -16.4. The third-order valence-corrected chi connectivity index (χ3v) is 30.6. The van der Waals surface area contributed by atoms with E-state index in [1.165, 1.54) is 26.5 Å². The predicted molar refractivity (Wildman–Crippen MR) is 571 cm³/mol. The Morgan fingerprint density at radius 3 is 0.940 bits per heavy atom. The van der Waals surface area contributed by atoms with Crippen molar-refractivity contribution in [2.45, 2.75) is 39.3 Å². The highest BCUT2D eigenvalue weighted by atomic mass is 28.3. The number of benzene rings is 21.